The fraction of sp³-hybridized carbons (Fsp3) is 0.643. The SMILES string of the molecule is O=C(NN1CCOCC1)c1cccn1C1CCNCC1. The first-order chi connectivity index (χ1) is 9.84. The van der Waals surface area contributed by atoms with E-state index < -0.39 is 0 Å². The molecule has 20 heavy (non-hydrogen) atoms. The van der Waals surface area contributed by atoms with Gasteiger partial charge in [-0.15, -0.1) is 0 Å². The molecule has 0 radical (unpaired) electrons. The third kappa shape index (κ3) is 3.03. The van der Waals surface area contributed by atoms with Crippen molar-refractivity contribution < 1.29 is 9.53 Å². The van der Waals surface area contributed by atoms with Gasteiger partial charge in [0.25, 0.3) is 5.91 Å². The summed E-state index contributed by atoms with van der Waals surface area (Å²) in [7, 11) is 0. The van der Waals surface area contributed by atoms with Gasteiger partial charge in [0, 0.05) is 25.3 Å². The van der Waals surface area contributed by atoms with Gasteiger partial charge in [0.2, 0.25) is 0 Å². The maximum atomic E-state index is 12.4. The third-order valence-electron chi connectivity index (χ3n) is 3.98. The number of carbonyl (C=O) groups is 1. The number of aromatic nitrogens is 1. The van der Waals surface area contributed by atoms with E-state index in [9.17, 15) is 4.79 Å². The highest BCUT2D eigenvalue weighted by Crippen LogP contribution is 2.21. The molecule has 1 aromatic rings. The summed E-state index contributed by atoms with van der Waals surface area (Å²) < 4.78 is 7.41. The van der Waals surface area contributed by atoms with E-state index in [1.54, 1.807) is 0 Å². The van der Waals surface area contributed by atoms with E-state index >= 15 is 0 Å². The van der Waals surface area contributed by atoms with Gasteiger partial charge in [0.1, 0.15) is 5.69 Å². The van der Waals surface area contributed by atoms with E-state index in [4.69, 9.17) is 4.74 Å². The molecular formula is C14H22N4O2. The molecule has 2 aliphatic rings. The molecule has 0 aliphatic carbocycles. The lowest BCUT2D eigenvalue weighted by Crippen LogP contribution is -2.48. The highest BCUT2D eigenvalue weighted by Gasteiger charge is 2.21. The smallest absolute Gasteiger partial charge is 0.282 e. The molecule has 0 atom stereocenters. The molecule has 1 amide bonds. The number of morpholine rings is 1. The predicted molar refractivity (Wildman–Crippen MR) is 75.4 cm³/mol. The zero-order valence-corrected chi connectivity index (χ0v) is 11.7. The molecule has 2 saturated heterocycles. The maximum Gasteiger partial charge on any atom is 0.282 e. The van der Waals surface area contributed by atoms with Crippen molar-refractivity contribution >= 4 is 5.91 Å². The van der Waals surface area contributed by atoms with Crippen molar-refractivity contribution in [3.8, 4) is 0 Å². The number of hydrazine groups is 1. The molecule has 2 fully saturated rings. The van der Waals surface area contributed by atoms with Crippen LogP contribution in [0.3, 0.4) is 0 Å². The molecule has 0 saturated carbocycles. The summed E-state index contributed by atoms with van der Waals surface area (Å²) in [5, 5.41) is 5.29. The summed E-state index contributed by atoms with van der Waals surface area (Å²) in [5.74, 6) is -0.0181. The van der Waals surface area contributed by atoms with Crippen molar-refractivity contribution in [2.24, 2.45) is 0 Å². The topological polar surface area (TPSA) is 58.5 Å². The summed E-state index contributed by atoms with van der Waals surface area (Å²) in [6.45, 7) is 4.89. The molecule has 3 rings (SSSR count). The number of piperidine rings is 1. The van der Waals surface area contributed by atoms with Crippen molar-refractivity contribution in [2.45, 2.75) is 18.9 Å². The summed E-state index contributed by atoms with van der Waals surface area (Å²) in [6.07, 6.45) is 4.17. The summed E-state index contributed by atoms with van der Waals surface area (Å²) in [6, 6.07) is 4.28. The van der Waals surface area contributed by atoms with Gasteiger partial charge < -0.3 is 14.6 Å². The second-order valence-electron chi connectivity index (χ2n) is 5.32. The third-order valence-corrected chi connectivity index (χ3v) is 3.98. The molecule has 2 N–H and O–H groups in total. The van der Waals surface area contributed by atoms with Gasteiger partial charge >= 0.3 is 0 Å². The zero-order chi connectivity index (χ0) is 13.8. The number of nitrogens with zero attached hydrogens (tertiary/aromatic N) is 2. The Hall–Kier alpha value is -1.37. The summed E-state index contributed by atoms with van der Waals surface area (Å²) in [5.41, 5.74) is 3.73. The molecule has 0 spiro atoms. The lowest BCUT2D eigenvalue weighted by atomic mass is 10.1. The number of carbonyl (C=O) groups excluding carboxylic acids is 1. The Balaban J connectivity index is 1.66. The number of hydrogen-bond acceptors (Lipinski definition) is 4. The Bertz CT molecular complexity index is 448. The van der Waals surface area contributed by atoms with Crippen LogP contribution in [0.4, 0.5) is 0 Å². The van der Waals surface area contributed by atoms with Gasteiger partial charge in [-0.2, -0.15) is 0 Å². The maximum absolute atomic E-state index is 12.4. The Morgan fingerprint density at radius 2 is 2.05 bits per heavy atom. The molecule has 0 unspecified atom stereocenters. The van der Waals surface area contributed by atoms with E-state index in [1.165, 1.54) is 0 Å². The van der Waals surface area contributed by atoms with Gasteiger partial charge in [0.15, 0.2) is 0 Å². The first-order valence-corrected chi connectivity index (χ1v) is 7.36. The Morgan fingerprint density at radius 3 is 2.80 bits per heavy atom. The van der Waals surface area contributed by atoms with Gasteiger partial charge in [-0.3, -0.25) is 10.2 Å². The monoisotopic (exact) mass is 278 g/mol. The van der Waals surface area contributed by atoms with Crippen molar-refractivity contribution in [2.75, 3.05) is 39.4 Å². The van der Waals surface area contributed by atoms with Crippen LogP contribution in [-0.2, 0) is 4.74 Å². The second-order valence-corrected chi connectivity index (χ2v) is 5.32. The van der Waals surface area contributed by atoms with E-state index in [0.29, 0.717) is 19.3 Å². The van der Waals surface area contributed by atoms with Crippen molar-refractivity contribution in [3.63, 3.8) is 0 Å². The molecule has 0 aromatic carbocycles. The minimum atomic E-state index is -0.0181. The van der Waals surface area contributed by atoms with Crippen molar-refractivity contribution in [3.05, 3.63) is 24.0 Å². The minimum absolute atomic E-state index is 0.0181. The first-order valence-electron chi connectivity index (χ1n) is 7.36. The molecule has 2 aliphatic heterocycles. The first kappa shape index (κ1) is 13.6. The van der Waals surface area contributed by atoms with Gasteiger partial charge in [-0.1, -0.05) is 0 Å². The van der Waals surface area contributed by atoms with Crippen LogP contribution < -0.4 is 10.7 Å². The summed E-state index contributed by atoms with van der Waals surface area (Å²) >= 11 is 0. The van der Waals surface area contributed by atoms with E-state index in [-0.39, 0.29) is 5.91 Å². The molecule has 3 heterocycles. The van der Waals surface area contributed by atoms with Crippen molar-refractivity contribution in [1.29, 1.82) is 0 Å². The average molecular weight is 278 g/mol. The fourth-order valence-corrected chi connectivity index (χ4v) is 2.87. The molecule has 1 aromatic heterocycles. The minimum Gasteiger partial charge on any atom is -0.379 e. The van der Waals surface area contributed by atoms with Crippen LogP contribution in [0.1, 0.15) is 29.4 Å². The predicted octanol–water partition coefficient (Wildman–Crippen LogP) is 0.390. The highest BCUT2D eigenvalue weighted by atomic mass is 16.5. The largest absolute Gasteiger partial charge is 0.379 e. The second kappa shape index (κ2) is 6.39. The van der Waals surface area contributed by atoms with Gasteiger partial charge in [-0.05, 0) is 38.1 Å². The lowest BCUT2D eigenvalue weighted by molar-refractivity contribution is 0.0122. The highest BCUT2D eigenvalue weighted by molar-refractivity contribution is 5.92. The van der Waals surface area contributed by atoms with Gasteiger partial charge in [-0.25, -0.2) is 5.01 Å². The van der Waals surface area contributed by atoms with E-state index in [2.05, 4.69) is 15.3 Å². The standard InChI is InChI=1S/C14H22N4O2/c19-14(16-17-8-10-20-11-9-17)13-2-1-7-18(13)12-3-5-15-6-4-12/h1-2,7,12,15H,3-6,8-11H2,(H,16,19). The van der Waals surface area contributed by atoms with Crippen LogP contribution in [0.5, 0.6) is 0 Å². The van der Waals surface area contributed by atoms with Gasteiger partial charge in [0.05, 0.1) is 13.2 Å². The number of amides is 1. The van der Waals surface area contributed by atoms with E-state index in [0.717, 1.165) is 44.7 Å². The van der Waals surface area contributed by atoms with Crippen LogP contribution >= 0.6 is 0 Å². The molecule has 0 bridgehead atoms. The Morgan fingerprint density at radius 1 is 1.30 bits per heavy atom. The van der Waals surface area contributed by atoms with Crippen LogP contribution in [0.25, 0.3) is 0 Å². The summed E-state index contributed by atoms with van der Waals surface area (Å²) in [4.78, 5) is 12.4. The Labute approximate surface area is 119 Å². The van der Waals surface area contributed by atoms with E-state index in [1.807, 2.05) is 23.3 Å². The molecular weight excluding hydrogens is 256 g/mol. The normalized spacial score (nSPS) is 21.8. The molecule has 6 heteroatoms. The van der Waals surface area contributed by atoms with Crippen LogP contribution in [0, 0.1) is 0 Å². The van der Waals surface area contributed by atoms with Crippen LogP contribution in [0.2, 0.25) is 0 Å². The van der Waals surface area contributed by atoms with Crippen LogP contribution in [0.15, 0.2) is 18.3 Å². The number of nitrogens with one attached hydrogen (secondary N) is 2. The number of rotatable bonds is 3. The van der Waals surface area contributed by atoms with Crippen LogP contribution in [-0.4, -0.2) is 54.9 Å². The van der Waals surface area contributed by atoms with Crippen molar-refractivity contribution in [1.82, 2.24) is 20.3 Å². The molecule has 6 nitrogen and oxygen atoms in total. The average Bonchev–Trinajstić information content (AvgIpc) is 2.99. The number of hydrogen-bond donors (Lipinski definition) is 2. The quantitative estimate of drug-likeness (QED) is 0.840. The zero-order valence-electron chi connectivity index (χ0n) is 11.7. The Kier molecular flexibility index (Phi) is 4.34. The molecule has 110 valence electrons. The fourth-order valence-electron chi connectivity index (χ4n) is 2.87. The number of ether oxygens (including phenoxy) is 1. The lowest BCUT2D eigenvalue weighted by Gasteiger charge is -2.29.